The lowest BCUT2D eigenvalue weighted by molar-refractivity contribution is -0.292. The fourth-order valence-corrected chi connectivity index (χ4v) is 5.82. The lowest BCUT2D eigenvalue weighted by Gasteiger charge is -2.32. The first-order valence-corrected chi connectivity index (χ1v) is 16.3. The largest absolute Gasteiger partial charge is 0.871 e. The predicted molar refractivity (Wildman–Crippen MR) is 176 cm³/mol. The number of benzene rings is 2. The van der Waals surface area contributed by atoms with E-state index in [0.29, 0.717) is 12.8 Å². The number of ketones is 3. The number of nitrogens with zero attached hydrogens (tertiary/aromatic N) is 2. The molecule has 0 fully saturated rings. The molecular weight excluding hydrogens is 616 g/mol. The molecule has 5 rings (SSSR count). The molecule has 0 saturated carbocycles. The van der Waals surface area contributed by atoms with Crippen LogP contribution in [0.2, 0.25) is 0 Å². The molecule has 12 nitrogen and oxygen atoms in total. The molecule has 0 saturated heterocycles. The third-order valence-corrected chi connectivity index (χ3v) is 8.70. The smallest absolute Gasteiger partial charge is 0.461 e. The Bertz CT molecular complexity index is 2000. The van der Waals surface area contributed by atoms with Crippen LogP contribution in [-0.2, 0) is 24.0 Å². The number of hydrogen-bond acceptors (Lipinski definition) is 8. The number of anilines is 3. The average Bonchev–Trinajstić information content (AvgIpc) is 3.41. The molecule has 0 unspecified atom stereocenters. The number of carbonyl (C=O) groups excluding carboxylic acids is 7. The van der Waals surface area contributed by atoms with E-state index in [1.165, 1.54) is 33.7 Å². The number of amides is 4. The Morgan fingerprint density at radius 3 is 1.96 bits per heavy atom. The van der Waals surface area contributed by atoms with Gasteiger partial charge in [0, 0.05) is 52.8 Å². The molecule has 48 heavy (non-hydrogen) atoms. The van der Waals surface area contributed by atoms with Gasteiger partial charge in [-0.3, -0.25) is 28.8 Å². The summed E-state index contributed by atoms with van der Waals surface area (Å²) in [6, 6.07) is 5.45. The summed E-state index contributed by atoms with van der Waals surface area (Å²) in [5, 5.41) is 19.7. The summed E-state index contributed by atoms with van der Waals surface area (Å²) in [6.07, 6.45) is 2.78. The van der Waals surface area contributed by atoms with Crippen LogP contribution in [0.4, 0.5) is 17.1 Å². The third-order valence-electron chi connectivity index (χ3n) is 8.70. The number of fused-ring (bicyclic) bond motifs is 2. The van der Waals surface area contributed by atoms with Gasteiger partial charge in [0.2, 0.25) is 17.2 Å². The lowest BCUT2D eigenvalue weighted by Crippen LogP contribution is -2.37. The van der Waals surface area contributed by atoms with E-state index in [-0.39, 0.29) is 68.6 Å². The molecule has 2 heterocycles. The highest BCUT2D eigenvalue weighted by molar-refractivity contribution is 6.54. The number of rotatable bonds is 11. The Hall–Kier alpha value is -5.26. The van der Waals surface area contributed by atoms with Crippen molar-refractivity contribution in [1.29, 1.82) is 0 Å². The molecule has 4 amide bonds. The zero-order chi connectivity index (χ0) is 35.2. The maximum absolute atomic E-state index is 14.0. The van der Waals surface area contributed by atoms with Crippen LogP contribution in [-0.4, -0.2) is 54.1 Å². The van der Waals surface area contributed by atoms with Crippen molar-refractivity contribution in [2.75, 3.05) is 28.6 Å². The van der Waals surface area contributed by atoms with Crippen LogP contribution in [0, 0.1) is 11.8 Å². The molecule has 0 atom stereocenters. The molecule has 3 aliphatic rings. The highest BCUT2D eigenvalue weighted by Crippen LogP contribution is 2.43. The highest BCUT2D eigenvalue weighted by atomic mass is 16.3. The Labute approximate surface area is 277 Å². The van der Waals surface area contributed by atoms with Crippen molar-refractivity contribution >= 4 is 69.2 Å². The van der Waals surface area contributed by atoms with Crippen molar-refractivity contribution < 1.29 is 38.7 Å². The topological polar surface area (TPSA) is 173 Å². The maximum atomic E-state index is 14.0. The molecule has 12 heteroatoms. The van der Waals surface area contributed by atoms with Gasteiger partial charge in [0.15, 0.2) is 12.3 Å². The summed E-state index contributed by atoms with van der Waals surface area (Å²) >= 11 is 0. The Balaban J connectivity index is 1.75. The van der Waals surface area contributed by atoms with Crippen molar-refractivity contribution in [3.05, 3.63) is 57.3 Å². The minimum absolute atomic E-state index is 0.00824. The summed E-state index contributed by atoms with van der Waals surface area (Å²) in [7, 11) is 0. The van der Waals surface area contributed by atoms with Crippen LogP contribution < -0.4 is 35.8 Å². The van der Waals surface area contributed by atoms with Gasteiger partial charge in [-0.15, -0.1) is 0 Å². The molecule has 1 aliphatic carbocycles. The quantitative estimate of drug-likeness (QED) is 0.272. The molecule has 2 aromatic rings. The van der Waals surface area contributed by atoms with Gasteiger partial charge in [0.1, 0.15) is 5.56 Å². The van der Waals surface area contributed by atoms with Gasteiger partial charge >= 0.3 is 11.7 Å². The second-order valence-electron chi connectivity index (χ2n) is 12.8. The van der Waals surface area contributed by atoms with E-state index in [1.807, 2.05) is 13.8 Å². The molecule has 0 aromatic heterocycles. The molecule has 250 valence electrons. The fourth-order valence-electron chi connectivity index (χ4n) is 5.82. The van der Waals surface area contributed by atoms with Crippen molar-refractivity contribution in [2.24, 2.45) is 11.8 Å². The minimum Gasteiger partial charge on any atom is -0.871 e. The van der Waals surface area contributed by atoms with E-state index in [0.717, 1.165) is 12.8 Å². The van der Waals surface area contributed by atoms with E-state index in [9.17, 15) is 38.7 Å². The zero-order valence-corrected chi connectivity index (χ0v) is 27.9. The molecular formula is C36H38N4O8. The van der Waals surface area contributed by atoms with E-state index in [2.05, 4.69) is 10.6 Å². The number of hydrogen-bond donors (Lipinski definition) is 2. The molecule has 0 bridgehead atoms. The van der Waals surface area contributed by atoms with Gasteiger partial charge in [-0.2, -0.15) is 4.58 Å². The van der Waals surface area contributed by atoms with Crippen molar-refractivity contribution in [3.8, 4) is 0 Å². The Morgan fingerprint density at radius 1 is 0.750 bits per heavy atom. The molecule has 2 aliphatic heterocycles. The average molecular weight is 655 g/mol. The van der Waals surface area contributed by atoms with Gasteiger partial charge in [0.05, 0.1) is 22.6 Å². The van der Waals surface area contributed by atoms with Crippen LogP contribution in [0.1, 0.15) is 93.5 Å². The number of allylic oxidation sites excluding steroid dienone is 2. The second kappa shape index (κ2) is 13.1. The fraction of sp³-hybridized carbons (Fsp3) is 0.389. The summed E-state index contributed by atoms with van der Waals surface area (Å²) in [4.78, 5) is 92.8. The van der Waals surface area contributed by atoms with Gasteiger partial charge in [0.25, 0.3) is 11.7 Å². The standard InChI is InChI=1S/C36H38N4O8/c1-7-9-11-39-25-15-23(37-33(45)17(3)4)19(13-21(25)29(41)35(39)47)27-31(43)28(32(27)44)20-14-22-26(16-24(20)38-34(46)18(5)6)40(12-10-8-2)36(48)30(22)42/h13-18H,7-12H2,1-6H3,(H2,37,38,41,42,43,44,45,46,47,48). The normalized spacial score (nSPS) is 16.7. The van der Waals surface area contributed by atoms with E-state index < -0.39 is 58.6 Å². The van der Waals surface area contributed by atoms with E-state index in [1.54, 1.807) is 27.7 Å². The Kier molecular flexibility index (Phi) is 9.30. The van der Waals surface area contributed by atoms with Gasteiger partial charge < -0.3 is 20.6 Å². The third kappa shape index (κ3) is 5.65. The molecule has 2 aromatic carbocycles. The van der Waals surface area contributed by atoms with E-state index >= 15 is 0 Å². The monoisotopic (exact) mass is 654 g/mol. The van der Waals surface area contributed by atoms with Gasteiger partial charge in [-0.1, -0.05) is 60.1 Å². The lowest BCUT2D eigenvalue weighted by atomic mass is 9.80. The Morgan fingerprint density at radius 2 is 1.38 bits per heavy atom. The first-order chi connectivity index (χ1) is 22.7. The minimum atomic E-state index is -0.791. The summed E-state index contributed by atoms with van der Waals surface area (Å²) < 4.78 is 1.33. The highest BCUT2D eigenvalue weighted by Gasteiger charge is 2.41. The summed E-state index contributed by atoms with van der Waals surface area (Å²) in [5.41, 5.74) is -0.212. The molecule has 2 N–H and O–H groups in total. The molecule has 0 spiro atoms. The number of Topliss-reactive ketones (excluding diaryl/α,β-unsaturated/α-hetero) is 3. The number of unbranched alkanes of at least 4 members (excludes halogenated alkanes) is 2. The van der Waals surface area contributed by atoms with Crippen LogP contribution in [0.25, 0.3) is 11.1 Å². The summed E-state index contributed by atoms with van der Waals surface area (Å²) in [5.74, 6) is -6.33. The van der Waals surface area contributed by atoms with Gasteiger partial charge in [-0.05, 0) is 24.6 Å². The van der Waals surface area contributed by atoms with Crippen molar-refractivity contribution in [3.63, 3.8) is 0 Å². The second-order valence-corrected chi connectivity index (χ2v) is 12.8. The predicted octanol–water partition coefficient (Wildman–Crippen LogP) is 1.72. The summed E-state index contributed by atoms with van der Waals surface area (Å²) in [6.45, 7) is 11.1. The SMILES string of the molecule is CCCCN1C(=O)C(=O)c2cc(C3=C([O-])/C(=c4\cc5c(cc4NC(=O)C(C)C)=[N+](CCCC)C(=O)C5=O)C3=O)c(NC(=O)C(C)C)cc21. The van der Waals surface area contributed by atoms with Crippen LogP contribution in [0.15, 0.2) is 30.0 Å². The van der Waals surface area contributed by atoms with Crippen molar-refractivity contribution in [2.45, 2.75) is 67.2 Å². The van der Waals surface area contributed by atoms with Crippen LogP contribution >= 0.6 is 0 Å². The zero-order valence-electron chi connectivity index (χ0n) is 27.9. The number of nitrogens with one attached hydrogen (secondary N) is 2. The van der Waals surface area contributed by atoms with Crippen LogP contribution in [0.3, 0.4) is 0 Å². The molecule has 0 radical (unpaired) electrons. The maximum Gasteiger partial charge on any atom is 0.461 e. The van der Waals surface area contributed by atoms with Crippen molar-refractivity contribution in [1.82, 2.24) is 4.58 Å². The first-order valence-electron chi connectivity index (χ1n) is 16.3. The van der Waals surface area contributed by atoms with Crippen LogP contribution in [0.5, 0.6) is 0 Å². The number of carbonyl (C=O) groups is 7. The first kappa shape index (κ1) is 34.1. The van der Waals surface area contributed by atoms with Gasteiger partial charge in [-0.25, -0.2) is 4.79 Å². The van der Waals surface area contributed by atoms with E-state index in [4.69, 9.17) is 0 Å².